The Morgan fingerprint density at radius 3 is 2.18 bits per heavy atom. The van der Waals surface area contributed by atoms with Gasteiger partial charge in [-0.05, 0) is 25.9 Å². The molecule has 0 spiro atoms. The van der Waals surface area contributed by atoms with E-state index in [0.29, 0.717) is 19.6 Å². The van der Waals surface area contributed by atoms with Crippen LogP contribution < -0.4 is 10.6 Å². The van der Waals surface area contributed by atoms with Crippen LogP contribution in [0.3, 0.4) is 0 Å². The molecule has 3 aliphatic heterocycles. The smallest absolute Gasteiger partial charge is 0.327 e. The van der Waals surface area contributed by atoms with Crippen molar-refractivity contribution in [1.82, 2.24) is 20.4 Å². The number of carbonyl (C=O) groups is 2. The van der Waals surface area contributed by atoms with Crippen molar-refractivity contribution in [2.24, 2.45) is 0 Å². The third kappa shape index (κ3) is 4.35. The average molecular weight is 463 g/mol. The lowest BCUT2D eigenvalue weighted by Crippen LogP contribution is -2.66. The van der Waals surface area contributed by atoms with Gasteiger partial charge in [-0.15, -0.1) is 0 Å². The molecule has 2 aromatic rings. The highest BCUT2D eigenvalue weighted by Gasteiger charge is 2.60. The molecular formula is C27H34N4O3. The second-order valence-corrected chi connectivity index (χ2v) is 9.44. The molecule has 0 aliphatic carbocycles. The van der Waals surface area contributed by atoms with E-state index in [1.807, 2.05) is 65.6 Å². The number of amides is 1. The van der Waals surface area contributed by atoms with Crippen LogP contribution in [-0.4, -0.2) is 73.0 Å². The molecule has 5 rings (SSSR count). The minimum Gasteiger partial charge on any atom is -0.434 e. The van der Waals surface area contributed by atoms with Gasteiger partial charge in [0.25, 0.3) is 0 Å². The highest BCUT2D eigenvalue weighted by atomic mass is 16.6. The van der Waals surface area contributed by atoms with Crippen molar-refractivity contribution < 1.29 is 14.3 Å². The molecule has 2 atom stereocenters. The van der Waals surface area contributed by atoms with Gasteiger partial charge in [-0.3, -0.25) is 9.59 Å². The molecule has 0 radical (unpaired) electrons. The highest BCUT2D eigenvalue weighted by Crippen LogP contribution is 2.45. The molecule has 180 valence electrons. The Hall–Kier alpha value is -2.74. The number of benzene rings is 2. The summed E-state index contributed by atoms with van der Waals surface area (Å²) in [6, 6.07) is 18.5. The van der Waals surface area contributed by atoms with E-state index in [2.05, 4.69) is 15.5 Å². The van der Waals surface area contributed by atoms with Crippen LogP contribution in [0.25, 0.3) is 0 Å². The maximum Gasteiger partial charge on any atom is 0.327 e. The number of likely N-dealkylation sites (tertiary alicyclic amines) is 1. The van der Waals surface area contributed by atoms with Crippen LogP contribution in [0.5, 0.6) is 0 Å². The Labute approximate surface area is 201 Å². The number of rotatable bonds is 6. The molecule has 2 unspecified atom stereocenters. The van der Waals surface area contributed by atoms with E-state index in [9.17, 15) is 9.59 Å². The molecule has 0 aromatic heterocycles. The fraction of sp³-hybridized carbons (Fsp3) is 0.481. The quantitative estimate of drug-likeness (QED) is 0.641. The van der Waals surface area contributed by atoms with E-state index in [1.165, 1.54) is 25.7 Å². The lowest BCUT2D eigenvalue weighted by Gasteiger charge is -2.44. The number of cyclic esters (lactones) is 1. The molecule has 2 aromatic carbocycles. The number of carbonyl (C=O) groups excluding carboxylic acids is 2. The number of fused-ring (bicyclic) bond motifs is 1. The van der Waals surface area contributed by atoms with Gasteiger partial charge in [0.15, 0.2) is 0 Å². The van der Waals surface area contributed by atoms with E-state index in [-0.39, 0.29) is 11.9 Å². The number of esters is 1. The number of hydrogen-bond donors (Lipinski definition) is 2. The van der Waals surface area contributed by atoms with Crippen LogP contribution in [0.2, 0.25) is 0 Å². The highest BCUT2D eigenvalue weighted by molar-refractivity contribution is 5.86. The minimum atomic E-state index is -1.14. The van der Waals surface area contributed by atoms with Gasteiger partial charge in [-0.1, -0.05) is 73.5 Å². The summed E-state index contributed by atoms with van der Waals surface area (Å²) in [4.78, 5) is 31.1. The van der Waals surface area contributed by atoms with E-state index in [0.717, 1.165) is 30.8 Å². The molecule has 0 saturated carbocycles. The van der Waals surface area contributed by atoms with Crippen LogP contribution in [0.1, 0.15) is 36.8 Å². The van der Waals surface area contributed by atoms with Crippen molar-refractivity contribution in [3.63, 3.8) is 0 Å². The van der Waals surface area contributed by atoms with E-state index >= 15 is 0 Å². The molecule has 7 nitrogen and oxygen atoms in total. The number of nitrogens with zero attached hydrogens (tertiary/aromatic N) is 2. The molecule has 3 heterocycles. The van der Waals surface area contributed by atoms with Gasteiger partial charge in [0.1, 0.15) is 12.1 Å². The Kier molecular flexibility index (Phi) is 6.94. The third-order valence-corrected chi connectivity index (χ3v) is 7.29. The number of piperazine rings is 1. The zero-order valence-electron chi connectivity index (χ0n) is 19.6. The zero-order chi connectivity index (χ0) is 23.4. The fourth-order valence-corrected chi connectivity index (χ4v) is 5.62. The topological polar surface area (TPSA) is 73.9 Å². The first-order chi connectivity index (χ1) is 16.7. The molecule has 3 saturated heterocycles. The molecule has 3 aliphatic rings. The van der Waals surface area contributed by atoms with Crippen LogP contribution in [-0.2, 0) is 20.1 Å². The molecule has 34 heavy (non-hydrogen) atoms. The Bertz CT molecular complexity index is 936. The summed E-state index contributed by atoms with van der Waals surface area (Å²) in [6.45, 7) is 4.58. The van der Waals surface area contributed by atoms with Gasteiger partial charge in [0.05, 0.1) is 0 Å². The molecule has 3 fully saturated rings. The molecular weight excluding hydrogens is 428 g/mol. The lowest BCUT2D eigenvalue weighted by molar-refractivity contribution is -0.153. The Morgan fingerprint density at radius 1 is 0.941 bits per heavy atom. The summed E-state index contributed by atoms with van der Waals surface area (Å²) >= 11 is 0. The van der Waals surface area contributed by atoms with Crippen molar-refractivity contribution in [2.75, 3.05) is 39.3 Å². The predicted molar refractivity (Wildman–Crippen MR) is 130 cm³/mol. The average Bonchev–Trinajstić information content (AvgIpc) is 3.02. The van der Waals surface area contributed by atoms with Crippen molar-refractivity contribution in [3.8, 4) is 0 Å². The van der Waals surface area contributed by atoms with Crippen LogP contribution >= 0.6 is 0 Å². The zero-order valence-corrected chi connectivity index (χ0v) is 19.6. The standard InChI is InChI=1S/C27H34N4O3/c32-25(29-15-18-30-16-9-1-2-10-17-30)23-19-28-20-24-26(33)34-27(31(23)24,21-11-5-3-6-12-21)22-13-7-4-8-14-22/h3-8,11-14,23-24,28H,1-2,9-10,15-20H2,(H,29,32). The van der Waals surface area contributed by atoms with Gasteiger partial charge in [-0.2, -0.15) is 0 Å². The van der Waals surface area contributed by atoms with Crippen molar-refractivity contribution in [1.29, 1.82) is 0 Å². The maximum absolute atomic E-state index is 13.5. The second-order valence-electron chi connectivity index (χ2n) is 9.44. The molecule has 1 amide bonds. The first kappa shape index (κ1) is 23.0. The molecule has 0 bridgehead atoms. The summed E-state index contributed by atoms with van der Waals surface area (Å²) in [5.74, 6) is -0.371. The van der Waals surface area contributed by atoms with Crippen molar-refractivity contribution >= 4 is 11.9 Å². The number of hydrogen-bond acceptors (Lipinski definition) is 6. The summed E-state index contributed by atoms with van der Waals surface area (Å²) in [7, 11) is 0. The maximum atomic E-state index is 13.5. The van der Waals surface area contributed by atoms with E-state index in [1.54, 1.807) is 0 Å². The molecule has 2 N–H and O–H groups in total. The van der Waals surface area contributed by atoms with Gasteiger partial charge in [-0.25, -0.2) is 4.90 Å². The largest absolute Gasteiger partial charge is 0.434 e. The summed E-state index contributed by atoms with van der Waals surface area (Å²) in [6.07, 6.45) is 5.04. The molecule has 7 heteroatoms. The number of ether oxygens (including phenoxy) is 1. The van der Waals surface area contributed by atoms with Gasteiger partial charge < -0.3 is 20.3 Å². The predicted octanol–water partition coefficient (Wildman–Crippen LogP) is 2.08. The first-order valence-electron chi connectivity index (χ1n) is 12.5. The minimum absolute atomic E-state index is 0.0680. The SMILES string of the molecule is O=C(NCCN1CCCCCC1)C1CNCC2C(=O)OC(c3ccccc3)(c3ccccc3)N12. The Morgan fingerprint density at radius 2 is 1.56 bits per heavy atom. The van der Waals surface area contributed by atoms with E-state index < -0.39 is 17.8 Å². The van der Waals surface area contributed by atoms with Crippen molar-refractivity contribution in [3.05, 3.63) is 71.8 Å². The first-order valence-corrected chi connectivity index (χ1v) is 12.5. The lowest BCUT2D eigenvalue weighted by atomic mass is 9.90. The fourth-order valence-electron chi connectivity index (χ4n) is 5.62. The van der Waals surface area contributed by atoms with Crippen LogP contribution in [0, 0.1) is 0 Å². The Balaban J connectivity index is 1.42. The number of nitrogens with one attached hydrogen (secondary N) is 2. The van der Waals surface area contributed by atoms with Gasteiger partial charge in [0.2, 0.25) is 11.6 Å². The summed E-state index contributed by atoms with van der Waals surface area (Å²) < 4.78 is 6.22. The van der Waals surface area contributed by atoms with Gasteiger partial charge >= 0.3 is 5.97 Å². The summed E-state index contributed by atoms with van der Waals surface area (Å²) in [5.41, 5.74) is 0.557. The monoisotopic (exact) mass is 462 g/mol. The second kappa shape index (κ2) is 10.3. The normalized spacial score (nSPS) is 25.2. The third-order valence-electron chi connectivity index (χ3n) is 7.29. The van der Waals surface area contributed by atoms with Gasteiger partial charge in [0, 0.05) is 37.3 Å². The van der Waals surface area contributed by atoms with Crippen LogP contribution in [0.15, 0.2) is 60.7 Å². The van der Waals surface area contributed by atoms with Crippen molar-refractivity contribution in [2.45, 2.75) is 43.5 Å². The summed E-state index contributed by atoms with van der Waals surface area (Å²) in [5, 5.41) is 6.45. The van der Waals surface area contributed by atoms with E-state index in [4.69, 9.17) is 4.74 Å². The van der Waals surface area contributed by atoms with Crippen LogP contribution in [0.4, 0.5) is 0 Å².